The molecule has 1 heterocycles. The van der Waals surface area contributed by atoms with Crippen LogP contribution in [-0.2, 0) is 14.3 Å². The molecule has 2 unspecified atom stereocenters. The molecule has 1 N–H and O–H groups in total. The number of aryl methyl sites for hydroxylation is 1. The minimum atomic E-state index is -0.924. The van der Waals surface area contributed by atoms with Crippen molar-refractivity contribution in [1.82, 2.24) is 0 Å². The highest BCUT2D eigenvalue weighted by Crippen LogP contribution is 2.33. The van der Waals surface area contributed by atoms with Crippen molar-refractivity contribution in [2.24, 2.45) is 0 Å². The van der Waals surface area contributed by atoms with Gasteiger partial charge in [0.1, 0.15) is 6.10 Å². The van der Waals surface area contributed by atoms with E-state index in [-0.39, 0.29) is 0 Å². The predicted octanol–water partition coefficient (Wildman–Crippen LogP) is 3.47. The van der Waals surface area contributed by atoms with Gasteiger partial charge in [0.2, 0.25) is 6.10 Å². The van der Waals surface area contributed by atoms with Crippen LogP contribution in [0.25, 0.3) is 0 Å². The number of carbonyl (C=O) groups is 2. The molecule has 1 amide bonds. The van der Waals surface area contributed by atoms with E-state index in [1.807, 2.05) is 25.1 Å². The Kier molecular flexibility index (Phi) is 5.46. The van der Waals surface area contributed by atoms with Gasteiger partial charge in [-0.25, -0.2) is 4.79 Å². The lowest BCUT2D eigenvalue weighted by Crippen LogP contribution is -2.45. The van der Waals surface area contributed by atoms with Crippen LogP contribution in [0.3, 0.4) is 0 Å². The summed E-state index contributed by atoms with van der Waals surface area (Å²) in [6.07, 6.45) is -1.44. The summed E-state index contributed by atoms with van der Waals surface area (Å²) in [4.78, 5) is 24.3. The fraction of sp³-hybridized carbons (Fsp3) is 0.263. The lowest BCUT2D eigenvalue weighted by molar-refractivity contribution is -0.159. The molecule has 0 radical (unpaired) electrons. The van der Waals surface area contributed by atoms with Gasteiger partial charge in [0.25, 0.3) is 5.91 Å². The molecule has 0 saturated heterocycles. The van der Waals surface area contributed by atoms with Crippen molar-refractivity contribution >= 4 is 33.5 Å². The zero-order valence-corrected chi connectivity index (χ0v) is 15.9. The third-order valence-corrected chi connectivity index (χ3v) is 4.38. The molecular formula is C19H18BrNO5. The molecule has 26 heavy (non-hydrogen) atoms. The molecule has 1 aliphatic heterocycles. The molecule has 2 atom stereocenters. The second-order valence-corrected chi connectivity index (χ2v) is 6.84. The number of para-hydroxylation sites is 2. The summed E-state index contributed by atoms with van der Waals surface area (Å²) in [7, 11) is 0. The second kappa shape index (κ2) is 7.78. The van der Waals surface area contributed by atoms with Gasteiger partial charge in [0.15, 0.2) is 18.1 Å². The summed E-state index contributed by atoms with van der Waals surface area (Å²) in [5.74, 6) is -0.0155. The zero-order chi connectivity index (χ0) is 18.7. The lowest BCUT2D eigenvalue weighted by atomic mass is 10.2. The minimum absolute atomic E-state index is 0.400. The standard InChI is InChI=1S/C19H18BrNO5/c1-11-9-13(20)7-8-14(11)21-17(22)10-24-19(23)18-12(2)25-15-5-3-4-6-16(15)26-18/h3-9,12,18H,10H2,1-2H3,(H,21,22). The first-order chi connectivity index (χ1) is 12.4. The first kappa shape index (κ1) is 18.3. The Morgan fingerprint density at radius 1 is 1.15 bits per heavy atom. The Morgan fingerprint density at radius 2 is 1.85 bits per heavy atom. The summed E-state index contributed by atoms with van der Waals surface area (Å²) in [6, 6.07) is 12.6. The highest BCUT2D eigenvalue weighted by Gasteiger charge is 2.35. The Hall–Kier alpha value is -2.54. The maximum atomic E-state index is 12.3. The SMILES string of the molecule is Cc1cc(Br)ccc1NC(=O)COC(=O)C1Oc2ccccc2OC1C. The van der Waals surface area contributed by atoms with Gasteiger partial charge in [-0.05, 0) is 49.7 Å². The predicted molar refractivity (Wildman–Crippen MR) is 99.4 cm³/mol. The maximum Gasteiger partial charge on any atom is 0.351 e. The lowest BCUT2D eigenvalue weighted by Gasteiger charge is -2.30. The molecule has 2 aromatic rings. The molecule has 0 spiro atoms. The zero-order valence-electron chi connectivity index (χ0n) is 14.3. The van der Waals surface area contributed by atoms with Crippen molar-refractivity contribution in [3.63, 3.8) is 0 Å². The Bertz CT molecular complexity index is 838. The van der Waals surface area contributed by atoms with Gasteiger partial charge in [-0.3, -0.25) is 4.79 Å². The summed E-state index contributed by atoms with van der Waals surface area (Å²) >= 11 is 3.37. The van der Waals surface area contributed by atoms with E-state index in [0.717, 1.165) is 10.0 Å². The van der Waals surface area contributed by atoms with Gasteiger partial charge in [0, 0.05) is 10.2 Å². The number of benzene rings is 2. The Labute approximate surface area is 159 Å². The summed E-state index contributed by atoms with van der Waals surface area (Å²) < 4.78 is 17.3. The van der Waals surface area contributed by atoms with E-state index in [0.29, 0.717) is 17.2 Å². The summed E-state index contributed by atoms with van der Waals surface area (Å²) in [6.45, 7) is 3.19. The van der Waals surface area contributed by atoms with E-state index >= 15 is 0 Å². The van der Waals surface area contributed by atoms with E-state index in [1.165, 1.54) is 0 Å². The average Bonchev–Trinajstić information content (AvgIpc) is 2.61. The molecule has 3 rings (SSSR count). The summed E-state index contributed by atoms with van der Waals surface area (Å²) in [5.41, 5.74) is 1.56. The largest absolute Gasteiger partial charge is 0.482 e. The van der Waals surface area contributed by atoms with E-state index in [1.54, 1.807) is 31.2 Å². The van der Waals surface area contributed by atoms with Crippen LogP contribution in [-0.4, -0.2) is 30.7 Å². The highest BCUT2D eigenvalue weighted by molar-refractivity contribution is 9.10. The number of hydrogen-bond acceptors (Lipinski definition) is 5. The second-order valence-electron chi connectivity index (χ2n) is 5.92. The fourth-order valence-electron chi connectivity index (χ4n) is 2.55. The molecule has 6 nitrogen and oxygen atoms in total. The smallest absolute Gasteiger partial charge is 0.351 e. The number of ether oxygens (including phenoxy) is 3. The number of fused-ring (bicyclic) bond motifs is 1. The number of esters is 1. The van der Waals surface area contributed by atoms with Crippen molar-refractivity contribution in [3.05, 3.63) is 52.5 Å². The third-order valence-electron chi connectivity index (χ3n) is 3.88. The molecule has 0 aliphatic carbocycles. The maximum absolute atomic E-state index is 12.3. The van der Waals surface area contributed by atoms with E-state index in [2.05, 4.69) is 21.2 Å². The van der Waals surface area contributed by atoms with E-state index in [4.69, 9.17) is 14.2 Å². The topological polar surface area (TPSA) is 73.9 Å². The molecule has 136 valence electrons. The molecule has 0 saturated carbocycles. The van der Waals surface area contributed by atoms with Crippen LogP contribution < -0.4 is 14.8 Å². The number of nitrogens with one attached hydrogen (secondary N) is 1. The van der Waals surface area contributed by atoms with Crippen molar-refractivity contribution in [2.75, 3.05) is 11.9 Å². The van der Waals surface area contributed by atoms with E-state index < -0.39 is 30.7 Å². The van der Waals surface area contributed by atoms with Crippen LogP contribution in [0.2, 0.25) is 0 Å². The van der Waals surface area contributed by atoms with Gasteiger partial charge in [0.05, 0.1) is 0 Å². The van der Waals surface area contributed by atoms with Crippen LogP contribution in [0.4, 0.5) is 5.69 Å². The van der Waals surface area contributed by atoms with Crippen molar-refractivity contribution in [2.45, 2.75) is 26.1 Å². The number of hydrogen-bond donors (Lipinski definition) is 1. The summed E-state index contributed by atoms with van der Waals surface area (Å²) in [5, 5.41) is 2.71. The average molecular weight is 420 g/mol. The minimum Gasteiger partial charge on any atom is -0.482 e. The van der Waals surface area contributed by atoms with Gasteiger partial charge >= 0.3 is 5.97 Å². The molecule has 0 fully saturated rings. The molecule has 7 heteroatoms. The van der Waals surface area contributed by atoms with Gasteiger partial charge in [-0.15, -0.1) is 0 Å². The number of carbonyl (C=O) groups excluding carboxylic acids is 2. The molecular weight excluding hydrogens is 402 g/mol. The molecule has 1 aliphatic rings. The normalized spacial score (nSPS) is 18.1. The molecule has 2 aromatic carbocycles. The first-order valence-corrected chi connectivity index (χ1v) is 8.88. The van der Waals surface area contributed by atoms with Crippen LogP contribution >= 0.6 is 15.9 Å². The third kappa shape index (κ3) is 4.16. The first-order valence-electron chi connectivity index (χ1n) is 8.09. The van der Waals surface area contributed by atoms with Gasteiger partial charge < -0.3 is 19.5 Å². The fourth-order valence-corrected chi connectivity index (χ4v) is 3.03. The number of anilines is 1. The van der Waals surface area contributed by atoms with Crippen LogP contribution in [0.15, 0.2) is 46.9 Å². The Morgan fingerprint density at radius 3 is 2.54 bits per heavy atom. The van der Waals surface area contributed by atoms with Crippen LogP contribution in [0, 0.1) is 6.92 Å². The van der Waals surface area contributed by atoms with E-state index in [9.17, 15) is 9.59 Å². The number of halogens is 1. The van der Waals surface area contributed by atoms with Gasteiger partial charge in [-0.2, -0.15) is 0 Å². The van der Waals surface area contributed by atoms with Crippen LogP contribution in [0.1, 0.15) is 12.5 Å². The van der Waals surface area contributed by atoms with Crippen molar-refractivity contribution in [1.29, 1.82) is 0 Å². The van der Waals surface area contributed by atoms with Crippen molar-refractivity contribution in [3.8, 4) is 11.5 Å². The molecule has 0 aromatic heterocycles. The number of rotatable bonds is 4. The van der Waals surface area contributed by atoms with Crippen LogP contribution in [0.5, 0.6) is 11.5 Å². The Balaban J connectivity index is 1.56. The quantitative estimate of drug-likeness (QED) is 0.767. The monoisotopic (exact) mass is 419 g/mol. The molecule has 0 bridgehead atoms. The number of amides is 1. The van der Waals surface area contributed by atoms with Gasteiger partial charge in [-0.1, -0.05) is 28.1 Å². The highest BCUT2D eigenvalue weighted by atomic mass is 79.9. The van der Waals surface area contributed by atoms with Crippen molar-refractivity contribution < 1.29 is 23.8 Å².